The molecule has 0 atom stereocenters. The van der Waals surface area contributed by atoms with E-state index in [0.29, 0.717) is 16.3 Å². The van der Waals surface area contributed by atoms with Crippen molar-refractivity contribution >= 4 is 17.3 Å². The van der Waals surface area contributed by atoms with Crippen LogP contribution in [0.3, 0.4) is 0 Å². The molecule has 0 fully saturated rings. The molecule has 94 valence electrons. The number of ether oxygens (including phenoxy) is 1. The minimum atomic E-state index is -0.405. The fourth-order valence-corrected chi connectivity index (χ4v) is 1.66. The lowest BCUT2D eigenvalue weighted by Gasteiger charge is -2.10. The molecule has 18 heavy (non-hydrogen) atoms. The molecule has 0 aliphatic carbocycles. The first kappa shape index (κ1) is 12.5. The number of phenolic OH excluding ortho intramolecular Hbond substituents is 1. The smallest absolute Gasteiger partial charge is 0.146 e. The molecule has 2 rings (SSSR count). The van der Waals surface area contributed by atoms with Crippen LogP contribution in [0.5, 0.6) is 11.5 Å². The van der Waals surface area contributed by atoms with Crippen LogP contribution in [0.15, 0.2) is 36.4 Å². The number of hydrogen-bond acceptors (Lipinski definition) is 3. The van der Waals surface area contributed by atoms with Crippen molar-refractivity contribution in [2.24, 2.45) is 0 Å². The number of benzene rings is 2. The minimum absolute atomic E-state index is 0.0138. The number of hydrogen-bond donors (Lipinski definition) is 2. The maximum absolute atomic E-state index is 13.4. The van der Waals surface area contributed by atoms with E-state index in [1.165, 1.54) is 24.3 Å². The Kier molecular flexibility index (Phi) is 3.58. The molecule has 0 saturated heterocycles. The lowest BCUT2D eigenvalue weighted by Crippen LogP contribution is -2.01. The average Bonchev–Trinajstić information content (AvgIpc) is 2.35. The summed E-state index contributed by atoms with van der Waals surface area (Å²) in [5.41, 5.74) is 6.07. The van der Waals surface area contributed by atoms with Gasteiger partial charge in [-0.1, -0.05) is 17.7 Å². The molecule has 2 aromatic rings. The number of para-hydroxylation sites is 1. The first-order valence-electron chi connectivity index (χ1n) is 5.22. The minimum Gasteiger partial charge on any atom is -0.506 e. The molecule has 0 aliphatic heterocycles. The van der Waals surface area contributed by atoms with Crippen LogP contribution in [-0.2, 0) is 6.61 Å². The van der Waals surface area contributed by atoms with Crippen LogP contribution in [0, 0.1) is 5.82 Å². The third kappa shape index (κ3) is 2.65. The molecule has 0 heterocycles. The van der Waals surface area contributed by atoms with Gasteiger partial charge in [-0.2, -0.15) is 0 Å². The summed E-state index contributed by atoms with van der Waals surface area (Å²) in [5, 5.41) is 9.83. The summed E-state index contributed by atoms with van der Waals surface area (Å²) in [7, 11) is 0. The largest absolute Gasteiger partial charge is 0.506 e. The molecule has 3 nitrogen and oxygen atoms in total. The molecular weight excluding hydrogens is 257 g/mol. The van der Waals surface area contributed by atoms with Crippen LogP contribution in [0.1, 0.15) is 5.56 Å². The summed E-state index contributed by atoms with van der Waals surface area (Å²) < 4.78 is 18.8. The summed E-state index contributed by atoms with van der Waals surface area (Å²) >= 11 is 5.77. The van der Waals surface area contributed by atoms with E-state index in [1.807, 2.05) is 0 Å². The van der Waals surface area contributed by atoms with E-state index < -0.39 is 5.82 Å². The Morgan fingerprint density at radius 3 is 2.83 bits per heavy atom. The number of aromatic hydroxyl groups is 1. The van der Waals surface area contributed by atoms with E-state index in [1.54, 1.807) is 12.1 Å². The third-order valence-electron chi connectivity index (χ3n) is 2.43. The Morgan fingerprint density at radius 1 is 1.28 bits per heavy atom. The van der Waals surface area contributed by atoms with Gasteiger partial charge in [0.15, 0.2) is 0 Å². The second kappa shape index (κ2) is 5.14. The Hall–Kier alpha value is -1.94. The number of nitrogen functional groups attached to an aromatic ring is 1. The molecule has 0 saturated carbocycles. The molecule has 0 unspecified atom stereocenters. The van der Waals surface area contributed by atoms with Crippen LogP contribution in [0.4, 0.5) is 10.1 Å². The molecule has 5 heteroatoms. The molecule has 2 aromatic carbocycles. The van der Waals surface area contributed by atoms with Gasteiger partial charge in [-0.3, -0.25) is 0 Å². The number of phenols is 1. The van der Waals surface area contributed by atoms with Gasteiger partial charge in [0.25, 0.3) is 0 Å². The summed E-state index contributed by atoms with van der Waals surface area (Å²) in [5.74, 6) is -0.174. The normalized spacial score (nSPS) is 10.3. The first-order chi connectivity index (χ1) is 8.58. The highest BCUT2D eigenvalue weighted by atomic mass is 35.5. The van der Waals surface area contributed by atoms with Crippen molar-refractivity contribution < 1.29 is 14.2 Å². The van der Waals surface area contributed by atoms with Crippen molar-refractivity contribution in [2.75, 3.05) is 5.73 Å². The fourth-order valence-electron chi connectivity index (χ4n) is 1.47. The van der Waals surface area contributed by atoms with Gasteiger partial charge in [-0.25, -0.2) is 4.39 Å². The van der Waals surface area contributed by atoms with E-state index in [9.17, 15) is 9.50 Å². The van der Waals surface area contributed by atoms with Gasteiger partial charge in [0.1, 0.15) is 29.6 Å². The zero-order valence-electron chi connectivity index (χ0n) is 9.36. The Morgan fingerprint density at radius 2 is 2.06 bits per heavy atom. The van der Waals surface area contributed by atoms with Gasteiger partial charge in [-0.05, 0) is 30.3 Å². The quantitative estimate of drug-likeness (QED) is 0.662. The summed E-state index contributed by atoms with van der Waals surface area (Å²) in [4.78, 5) is 0. The number of nitrogens with two attached hydrogens (primary N) is 1. The van der Waals surface area contributed by atoms with E-state index in [0.717, 1.165) is 0 Å². The Balaban J connectivity index is 2.16. The van der Waals surface area contributed by atoms with E-state index >= 15 is 0 Å². The highest BCUT2D eigenvalue weighted by Crippen LogP contribution is 2.30. The van der Waals surface area contributed by atoms with Gasteiger partial charge >= 0.3 is 0 Å². The predicted octanol–water partition coefficient (Wildman–Crippen LogP) is 3.35. The van der Waals surface area contributed by atoms with E-state index in [4.69, 9.17) is 22.1 Å². The number of rotatable bonds is 3. The molecule has 0 amide bonds. The SMILES string of the molecule is Nc1c(O)cccc1OCc1cc(Cl)ccc1F. The van der Waals surface area contributed by atoms with E-state index in [2.05, 4.69) is 0 Å². The second-order valence-corrected chi connectivity index (χ2v) is 4.15. The molecule has 0 bridgehead atoms. The zero-order chi connectivity index (χ0) is 13.1. The topological polar surface area (TPSA) is 55.5 Å². The standard InChI is InChI=1S/C13H11ClFNO2/c14-9-4-5-10(15)8(6-9)7-18-12-3-1-2-11(17)13(12)16/h1-6,17H,7,16H2. The maximum atomic E-state index is 13.4. The summed E-state index contributed by atoms with van der Waals surface area (Å²) in [6, 6.07) is 8.85. The lowest BCUT2D eigenvalue weighted by molar-refractivity contribution is 0.300. The van der Waals surface area contributed by atoms with Crippen molar-refractivity contribution in [2.45, 2.75) is 6.61 Å². The highest BCUT2D eigenvalue weighted by molar-refractivity contribution is 6.30. The lowest BCUT2D eigenvalue weighted by atomic mass is 10.2. The molecule has 0 spiro atoms. The predicted molar refractivity (Wildman–Crippen MR) is 68.3 cm³/mol. The third-order valence-corrected chi connectivity index (χ3v) is 2.67. The Bertz CT molecular complexity index is 573. The number of halogens is 2. The van der Waals surface area contributed by atoms with Gasteiger partial charge < -0.3 is 15.6 Å². The number of anilines is 1. The molecule has 3 N–H and O–H groups in total. The fraction of sp³-hybridized carbons (Fsp3) is 0.0769. The second-order valence-electron chi connectivity index (χ2n) is 3.71. The summed E-state index contributed by atoms with van der Waals surface area (Å²) in [6.07, 6.45) is 0. The van der Waals surface area contributed by atoms with Crippen molar-refractivity contribution in [1.29, 1.82) is 0 Å². The van der Waals surface area contributed by atoms with Crippen LogP contribution in [-0.4, -0.2) is 5.11 Å². The van der Waals surface area contributed by atoms with Crippen molar-refractivity contribution in [3.05, 3.63) is 52.8 Å². The maximum Gasteiger partial charge on any atom is 0.146 e. The molecule has 0 aliphatic rings. The highest BCUT2D eigenvalue weighted by Gasteiger charge is 2.07. The van der Waals surface area contributed by atoms with Gasteiger partial charge in [0.05, 0.1) is 0 Å². The molecular formula is C13H11ClFNO2. The summed E-state index contributed by atoms with van der Waals surface area (Å²) in [6.45, 7) is -0.0138. The average molecular weight is 268 g/mol. The van der Waals surface area contributed by atoms with Crippen LogP contribution >= 0.6 is 11.6 Å². The van der Waals surface area contributed by atoms with Crippen LogP contribution in [0.25, 0.3) is 0 Å². The molecule has 0 aromatic heterocycles. The Labute approximate surface area is 109 Å². The van der Waals surface area contributed by atoms with E-state index in [-0.39, 0.29) is 18.0 Å². The van der Waals surface area contributed by atoms with Gasteiger partial charge in [-0.15, -0.1) is 0 Å². The van der Waals surface area contributed by atoms with Crippen molar-refractivity contribution in [3.63, 3.8) is 0 Å². The van der Waals surface area contributed by atoms with Crippen molar-refractivity contribution in [3.8, 4) is 11.5 Å². The van der Waals surface area contributed by atoms with Crippen LogP contribution in [0.2, 0.25) is 5.02 Å². The van der Waals surface area contributed by atoms with Crippen molar-refractivity contribution in [1.82, 2.24) is 0 Å². The monoisotopic (exact) mass is 267 g/mol. The first-order valence-corrected chi connectivity index (χ1v) is 5.60. The molecule has 0 radical (unpaired) electrons. The van der Waals surface area contributed by atoms with Crippen LogP contribution < -0.4 is 10.5 Å². The zero-order valence-corrected chi connectivity index (χ0v) is 10.1. The van der Waals surface area contributed by atoms with Gasteiger partial charge in [0, 0.05) is 10.6 Å². The van der Waals surface area contributed by atoms with Gasteiger partial charge in [0.2, 0.25) is 0 Å².